The lowest BCUT2D eigenvalue weighted by molar-refractivity contribution is -0.0303. The first kappa shape index (κ1) is 6.66. The second kappa shape index (κ2) is 2.23. The van der Waals surface area contributed by atoms with Crippen molar-refractivity contribution in [2.75, 3.05) is 6.61 Å². The quantitative estimate of drug-likeness (QED) is 0.572. The summed E-state index contributed by atoms with van der Waals surface area (Å²) in [6, 6.07) is 0. The van der Waals surface area contributed by atoms with Crippen LogP contribution in [0.15, 0.2) is 0 Å². The molecule has 2 aliphatic carbocycles. The van der Waals surface area contributed by atoms with Crippen molar-refractivity contribution >= 4 is 0 Å². The first-order chi connectivity index (χ1) is 4.85. The fourth-order valence-electron chi connectivity index (χ4n) is 2.65. The Morgan fingerprint density at radius 2 is 2.10 bits per heavy atom. The summed E-state index contributed by atoms with van der Waals surface area (Å²) >= 11 is 0. The fraction of sp³-hybridized carbons (Fsp3) is 1.00. The zero-order chi connectivity index (χ0) is 7.03. The normalized spacial score (nSPS) is 44.7. The van der Waals surface area contributed by atoms with Gasteiger partial charge in [0.05, 0.1) is 5.60 Å². The van der Waals surface area contributed by atoms with Gasteiger partial charge in [-0.1, -0.05) is 0 Å². The van der Waals surface area contributed by atoms with Crippen molar-refractivity contribution in [2.24, 2.45) is 5.92 Å². The van der Waals surface area contributed by atoms with Crippen LogP contribution < -0.4 is 0 Å². The Bertz CT molecular complexity index is 123. The topological polar surface area (TPSA) is 9.23 Å². The molecule has 2 bridgehead atoms. The van der Waals surface area contributed by atoms with Gasteiger partial charge in [0.2, 0.25) is 0 Å². The van der Waals surface area contributed by atoms with Crippen LogP contribution in [0, 0.1) is 5.92 Å². The van der Waals surface area contributed by atoms with E-state index >= 15 is 0 Å². The molecule has 0 heterocycles. The van der Waals surface area contributed by atoms with Gasteiger partial charge in [0.15, 0.2) is 0 Å². The van der Waals surface area contributed by atoms with Crippen LogP contribution in [0.5, 0.6) is 0 Å². The van der Waals surface area contributed by atoms with Gasteiger partial charge in [0.25, 0.3) is 0 Å². The minimum absolute atomic E-state index is 0.361. The van der Waals surface area contributed by atoms with E-state index in [0.717, 1.165) is 12.5 Å². The summed E-state index contributed by atoms with van der Waals surface area (Å²) in [5.74, 6) is 1.02. The van der Waals surface area contributed by atoms with E-state index in [-0.39, 0.29) is 0 Å². The molecule has 2 rings (SSSR count). The van der Waals surface area contributed by atoms with Crippen LogP contribution >= 0.6 is 0 Å². The van der Waals surface area contributed by atoms with E-state index in [1.54, 1.807) is 0 Å². The second-order valence-electron chi connectivity index (χ2n) is 3.76. The average molecular weight is 140 g/mol. The lowest BCUT2D eigenvalue weighted by Crippen LogP contribution is -2.26. The summed E-state index contributed by atoms with van der Waals surface area (Å²) in [6.07, 6.45) is 6.90. The molecule has 0 unspecified atom stereocenters. The zero-order valence-electron chi connectivity index (χ0n) is 6.73. The van der Waals surface area contributed by atoms with Crippen molar-refractivity contribution in [3.63, 3.8) is 0 Å². The summed E-state index contributed by atoms with van der Waals surface area (Å²) in [4.78, 5) is 0. The molecule has 58 valence electrons. The molecule has 0 aliphatic heterocycles. The monoisotopic (exact) mass is 140 g/mol. The molecule has 2 aliphatic rings. The molecule has 10 heavy (non-hydrogen) atoms. The average Bonchev–Trinajstić information content (AvgIpc) is 2.46. The summed E-state index contributed by atoms with van der Waals surface area (Å²) in [7, 11) is 0. The van der Waals surface area contributed by atoms with Crippen LogP contribution in [-0.2, 0) is 4.74 Å². The van der Waals surface area contributed by atoms with Gasteiger partial charge in [-0.3, -0.25) is 0 Å². The maximum absolute atomic E-state index is 5.78. The number of rotatable bonds is 2. The number of fused-ring (bicyclic) bond motifs is 2. The van der Waals surface area contributed by atoms with Gasteiger partial charge < -0.3 is 4.74 Å². The van der Waals surface area contributed by atoms with Crippen LogP contribution in [0.25, 0.3) is 0 Å². The third-order valence-electron chi connectivity index (χ3n) is 3.13. The van der Waals surface area contributed by atoms with E-state index in [4.69, 9.17) is 4.74 Å². The zero-order valence-corrected chi connectivity index (χ0v) is 6.73. The number of hydrogen-bond donors (Lipinski definition) is 0. The van der Waals surface area contributed by atoms with E-state index in [1.807, 2.05) is 0 Å². The first-order valence-corrected chi connectivity index (χ1v) is 4.49. The highest BCUT2D eigenvalue weighted by Crippen LogP contribution is 2.49. The molecular formula is C9H16O. The molecule has 1 nitrogen and oxygen atoms in total. The Balaban J connectivity index is 2.01. The van der Waals surface area contributed by atoms with Crippen molar-refractivity contribution in [1.82, 2.24) is 0 Å². The maximum atomic E-state index is 5.78. The highest BCUT2D eigenvalue weighted by Gasteiger charge is 2.45. The Kier molecular flexibility index (Phi) is 1.48. The lowest BCUT2D eigenvalue weighted by Gasteiger charge is -2.25. The van der Waals surface area contributed by atoms with Crippen molar-refractivity contribution in [3.8, 4) is 0 Å². The lowest BCUT2D eigenvalue weighted by atomic mass is 9.97. The molecular weight excluding hydrogens is 124 g/mol. The Morgan fingerprint density at radius 1 is 1.40 bits per heavy atom. The third-order valence-corrected chi connectivity index (χ3v) is 3.13. The summed E-state index contributed by atoms with van der Waals surface area (Å²) in [5, 5.41) is 0. The fourth-order valence-corrected chi connectivity index (χ4v) is 2.65. The molecule has 2 fully saturated rings. The standard InChI is InChI=1S/C9H16O/c1-2-10-9-5-3-8(7-9)4-6-9/h8H,2-7H2,1H3. The first-order valence-electron chi connectivity index (χ1n) is 4.49. The molecule has 0 saturated heterocycles. The van der Waals surface area contributed by atoms with Gasteiger partial charge in [0, 0.05) is 6.61 Å². The molecule has 0 aromatic carbocycles. The highest BCUT2D eigenvalue weighted by atomic mass is 16.5. The van der Waals surface area contributed by atoms with Gasteiger partial charge in [-0.2, -0.15) is 0 Å². The van der Waals surface area contributed by atoms with Crippen molar-refractivity contribution in [2.45, 2.75) is 44.6 Å². The molecule has 0 aromatic heterocycles. The number of hydrogen-bond acceptors (Lipinski definition) is 1. The minimum Gasteiger partial charge on any atom is -0.375 e. The Hall–Kier alpha value is -0.0400. The summed E-state index contributed by atoms with van der Waals surface area (Å²) in [6.45, 7) is 3.02. The van der Waals surface area contributed by atoms with Crippen LogP contribution in [0.4, 0.5) is 0 Å². The number of ether oxygens (including phenoxy) is 1. The van der Waals surface area contributed by atoms with Gasteiger partial charge in [-0.05, 0) is 44.9 Å². The van der Waals surface area contributed by atoms with Crippen molar-refractivity contribution in [3.05, 3.63) is 0 Å². The van der Waals surface area contributed by atoms with Crippen LogP contribution in [0.3, 0.4) is 0 Å². The third kappa shape index (κ3) is 0.878. The molecule has 0 amide bonds. The molecule has 0 aromatic rings. The molecule has 0 atom stereocenters. The Morgan fingerprint density at radius 3 is 2.50 bits per heavy atom. The highest BCUT2D eigenvalue weighted by molar-refractivity contribution is 4.97. The Labute approximate surface area is 62.8 Å². The molecule has 0 radical (unpaired) electrons. The second-order valence-corrected chi connectivity index (χ2v) is 3.76. The predicted octanol–water partition coefficient (Wildman–Crippen LogP) is 2.36. The van der Waals surface area contributed by atoms with Crippen molar-refractivity contribution in [1.29, 1.82) is 0 Å². The summed E-state index contributed by atoms with van der Waals surface area (Å²) < 4.78 is 5.78. The van der Waals surface area contributed by atoms with Crippen molar-refractivity contribution < 1.29 is 4.74 Å². The van der Waals surface area contributed by atoms with E-state index in [1.165, 1.54) is 32.1 Å². The van der Waals surface area contributed by atoms with Gasteiger partial charge in [-0.25, -0.2) is 0 Å². The van der Waals surface area contributed by atoms with Gasteiger partial charge in [-0.15, -0.1) is 0 Å². The predicted molar refractivity (Wildman–Crippen MR) is 40.9 cm³/mol. The van der Waals surface area contributed by atoms with Crippen LogP contribution in [-0.4, -0.2) is 12.2 Å². The molecule has 0 spiro atoms. The van der Waals surface area contributed by atoms with E-state index < -0.39 is 0 Å². The maximum Gasteiger partial charge on any atom is 0.0685 e. The van der Waals surface area contributed by atoms with E-state index in [2.05, 4.69) is 6.92 Å². The van der Waals surface area contributed by atoms with Gasteiger partial charge in [0.1, 0.15) is 0 Å². The van der Waals surface area contributed by atoms with Crippen LogP contribution in [0.2, 0.25) is 0 Å². The van der Waals surface area contributed by atoms with E-state index in [0.29, 0.717) is 5.60 Å². The minimum atomic E-state index is 0.361. The molecule has 2 saturated carbocycles. The smallest absolute Gasteiger partial charge is 0.0685 e. The van der Waals surface area contributed by atoms with Gasteiger partial charge >= 0.3 is 0 Å². The van der Waals surface area contributed by atoms with Crippen LogP contribution in [0.1, 0.15) is 39.0 Å². The largest absolute Gasteiger partial charge is 0.375 e. The SMILES string of the molecule is CCOC12CCC(CC1)C2. The van der Waals surface area contributed by atoms with E-state index in [9.17, 15) is 0 Å². The molecule has 1 heteroatoms. The molecule has 0 N–H and O–H groups in total. The summed E-state index contributed by atoms with van der Waals surface area (Å²) in [5.41, 5.74) is 0.361.